The number of nitrogens with two attached hydrogens (primary N) is 1. The highest BCUT2D eigenvalue weighted by Gasteiger charge is 2.38. The zero-order valence-electron chi connectivity index (χ0n) is 20.5. The first-order valence-electron chi connectivity index (χ1n) is 12.5. The van der Waals surface area contributed by atoms with Crippen LogP contribution in [0.3, 0.4) is 0 Å². The fourth-order valence-corrected chi connectivity index (χ4v) is 6.30. The van der Waals surface area contributed by atoms with E-state index in [0.29, 0.717) is 63.1 Å². The van der Waals surface area contributed by atoms with Crippen molar-refractivity contribution in [3.8, 4) is 0 Å². The molecule has 0 spiro atoms. The van der Waals surface area contributed by atoms with Crippen molar-refractivity contribution in [2.24, 2.45) is 11.1 Å². The van der Waals surface area contributed by atoms with E-state index in [4.69, 9.17) is 50.5 Å². The van der Waals surface area contributed by atoms with Crippen molar-refractivity contribution < 1.29 is 9.90 Å². The summed E-state index contributed by atoms with van der Waals surface area (Å²) in [5.41, 5.74) is 6.92. The number of carbonyl (C=O) groups excluding carboxylic acids is 1. The molecule has 0 radical (unpaired) electrons. The van der Waals surface area contributed by atoms with E-state index in [1.54, 1.807) is 18.3 Å². The van der Waals surface area contributed by atoms with Gasteiger partial charge in [0.1, 0.15) is 5.52 Å². The summed E-state index contributed by atoms with van der Waals surface area (Å²) >= 11 is 19.0. The van der Waals surface area contributed by atoms with Crippen molar-refractivity contribution in [2.75, 3.05) is 10.6 Å². The van der Waals surface area contributed by atoms with Gasteiger partial charge in [0, 0.05) is 22.5 Å². The van der Waals surface area contributed by atoms with Gasteiger partial charge in [-0.25, -0.2) is 9.97 Å². The predicted molar refractivity (Wildman–Crippen MR) is 147 cm³/mol. The van der Waals surface area contributed by atoms with Crippen molar-refractivity contribution >= 4 is 69.5 Å². The van der Waals surface area contributed by atoms with Gasteiger partial charge in [0.05, 0.1) is 28.0 Å². The number of hydrogen-bond donors (Lipinski definition) is 4. The van der Waals surface area contributed by atoms with E-state index in [2.05, 4.69) is 15.6 Å². The lowest BCUT2D eigenvalue weighted by Crippen LogP contribution is -2.38. The van der Waals surface area contributed by atoms with Crippen molar-refractivity contribution in [3.63, 3.8) is 0 Å². The molecule has 1 amide bonds. The van der Waals surface area contributed by atoms with Crippen LogP contribution in [-0.4, -0.2) is 42.7 Å². The predicted octanol–water partition coefficient (Wildman–Crippen LogP) is 5.85. The lowest BCUT2D eigenvalue weighted by atomic mass is 9.73. The van der Waals surface area contributed by atoms with Crippen LogP contribution in [0.2, 0.25) is 15.1 Å². The van der Waals surface area contributed by atoms with Gasteiger partial charge in [-0.2, -0.15) is 4.98 Å². The molecule has 198 valence electrons. The van der Waals surface area contributed by atoms with Crippen LogP contribution < -0.4 is 16.4 Å². The second kappa shape index (κ2) is 10.4. The minimum Gasteiger partial charge on any atom is -0.393 e. The maximum absolute atomic E-state index is 12.1. The Hall–Kier alpha value is -2.33. The van der Waals surface area contributed by atoms with Gasteiger partial charge in [-0.3, -0.25) is 9.36 Å². The average molecular weight is 567 g/mol. The van der Waals surface area contributed by atoms with Crippen LogP contribution in [0.4, 0.5) is 17.6 Å². The summed E-state index contributed by atoms with van der Waals surface area (Å²) in [7, 11) is 0. The number of aliphatic hydroxyl groups is 1. The highest BCUT2D eigenvalue weighted by atomic mass is 35.5. The number of amides is 1. The number of fused-ring (bicyclic) bond motifs is 1. The lowest BCUT2D eigenvalue weighted by Gasteiger charge is -2.35. The molecule has 0 unspecified atom stereocenters. The normalized spacial score (nSPS) is 26.2. The van der Waals surface area contributed by atoms with Crippen molar-refractivity contribution in [1.82, 2.24) is 19.5 Å². The average Bonchev–Trinajstić information content (AvgIpc) is 3.19. The molecule has 2 heterocycles. The minimum absolute atomic E-state index is 0.0176. The molecule has 5 N–H and O–H groups in total. The SMILES string of the molecule is C[C@]1(C(N)=O)CC[C@@H](n2c(Nc3c(Cl)cc(Cl)cc3Cl)nc3cnc(N[C@@H]4CCC[C@@H](O)C4)nc32)CC1. The molecule has 2 aliphatic rings. The summed E-state index contributed by atoms with van der Waals surface area (Å²) in [6.45, 7) is 1.92. The molecule has 3 aromatic rings. The van der Waals surface area contributed by atoms with Crippen molar-refractivity contribution in [1.29, 1.82) is 0 Å². The quantitative estimate of drug-likeness (QED) is 0.294. The number of nitrogens with one attached hydrogen (secondary N) is 2. The number of hydrogen-bond acceptors (Lipinski definition) is 7. The first-order valence-corrected chi connectivity index (χ1v) is 13.7. The Balaban J connectivity index is 1.52. The van der Waals surface area contributed by atoms with Crippen LogP contribution in [0.5, 0.6) is 0 Å². The van der Waals surface area contributed by atoms with Crippen LogP contribution in [0.1, 0.15) is 64.3 Å². The summed E-state index contributed by atoms with van der Waals surface area (Å²) in [6.07, 6.45) is 7.53. The standard InChI is InChI=1S/C25H30Cl3N7O2/c1-25(22(29)37)7-5-15(6-8-25)35-21-19(12-30-23(34-21)31-14-3-2-4-16(36)11-14)32-24(35)33-20-17(27)9-13(26)10-18(20)28/h9-10,12,14-16,36H,2-8,11H2,1H3,(H2,29,37)(H,32,33)(H,30,31,34)/t14-,15-,16-,25+/m1/s1. The number of carbonyl (C=O) groups is 1. The van der Waals surface area contributed by atoms with Gasteiger partial charge in [-0.1, -0.05) is 41.7 Å². The number of aromatic nitrogens is 4. The molecule has 9 nitrogen and oxygen atoms in total. The molecule has 0 saturated heterocycles. The first kappa shape index (κ1) is 26.3. The fraction of sp³-hybridized carbons (Fsp3) is 0.520. The topological polar surface area (TPSA) is 131 Å². The zero-order valence-corrected chi connectivity index (χ0v) is 22.7. The maximum atomic E-state index is 12.1. The monoisotopic (exact) mass is 565 g/mol. The summed E-state index contributed by atoms with van der Waals surface area (Å²) < 4.78 is 2.04. The van der Waals surface area contributed by atoms with E-state index < -0.39 is 5.41 Å². The second-order valence-corrected chi connectivity index (χ2v) is 11.6. The van der Waals surface area contributed by atoms with Gasteiger partial charge in [0.25, 0.3) is 0 Å². The molecule has 2 aromatic heterocycles. The number of nitrogens with zero attached hydrogens (tertiary/aromatic N) is 4. The van der Waals surface area contributed by atoms with E-state index >= 15 is 0 Å². The molecule has 0 aliphatic heterocycles. The van der Waals surface area contributed by atoms with Gasteiger partial charge >= 0.3 is 0 Å². The van der Waals surface area contributed by atoms with E-state index in [9.17, 15) is 9.90 Å². The number of benzene rings is 1. The Labute approximate surface area is 230 Å². The van der Waals surface area contributed by atoms with Crippen molar-refractivity contribution in [2.45, 2.75) is 76.5 Å². The first-order chi connectivity index (χ1) is 17.6. The Morgan fingerprint density at radius 3 is 2.49 bits per heavy atom. The molecule has 2 saturated carbocycles. The number of anilines is 3. The van der Waals surface area contributed by atoms with E-state index in [1.165, 1.54) is 0 Å². The van der Waals surface area contributed by atoms with Gasteiger partial charge < -0.3 is 21.5 Å². The third-order valence-corrected chi connectivity index (χ3v) is 8.49. The summed E-state index contributed by atoms with van der Waals surface area (Å²) in [5, 5.41) is 17.9. The zero-order chi connectivity index (χ0) is 26.3. The number of imidazole rings is 1. The van der Waals surface area contributed by atoms with E-state index in [-0.39, 0.29) is 24.1 Å². The highest BCUT2D eigenvalue weighted by Crippen LogP contribution is 2.44. The molecule has 37 heavy (non-hydrogen) atoms. The third-order valence-electron chi connectivity index (χ3n) is 7.67. The van der Waals surface area contributed by atoms with Crippen molar-refractivity contribution in [3.05, 3.63) is 33.4 Å². The third kappa shape index (κ3) is 5.46. The van der Waals surface area contributed by atoms with Crippen LogP contribution in [0, 0.1) is 5.41 Å². The largest absolute Gasteiger partial charge is 0.393 e. The smallest absolute Gasteiger partial charge is 0.224 e. The maximum Gasteiger partial charge on any atom is 0.224 e. The Morgan fingerprint density at radius 2 is 1.84 bits per heavy atom. The molecule has 2 aliphatic carbocycles. The molecule has 12 heteroatoms. The van der Waals surface area contributed by atoms with Crippen LogP contribution in [-0.2, 0) is 4.79 Å². The second-order valence-electron chi connectivity index (χ2n) is 10.4. The Morgan fingerprint density at radius 1 is 1.14 bits per heavy atom. The summed E-state index contributed by atoms with van der Waals surface area (Å²) in [4.78, 5) is 26.2. The minimum atomic E-state index is -0.535. The molecule has 2 fully saturated rings. The van der Waals surface area contributed by atoms with Crippen LogP contribution >= 0.6 is 34.8 Å². The van der Waals surface area contributed by atoms with E-state index in [0.717, 1.165) is 32.1 Å². The number of rotatable bonds is 6. The molecule has 2 atom stereocenters. The van der Waals surface area contributed by atoms with Gasteiger partial charge in [0.2, 0.25) is 17.8 Å². The van der Waals surface area contributed by atoms with Gasteiger partial charge in [0.15, 0.2) is 5.65 Å². The molecule has 5 rings (SSSR count). The number of aliphatic hydroxyl groups excluding tert-OH is 1. The molecular weight excluding hydrogens is 537 g/mol. The fourth-order valence-electron chi connectivity index (χ4n) is 5.39. The molecule has 0 bridgehead atoms. The van der Waals surface area contributed by atoms with Crippen LogP contribution in [0.15, 0.2) is 18.3 Å². The highest BCUT2D eigenvalue weighted by molar-refractivity contribution is 6.41. The number of halogens is 3. The molecule has 1 aromatic carbocycles. The Bertz CT molecular complexity index is 1300. The summed E-state index contributed by atoms with van der Waals surface area (Å²) in [6, 6.07) is 3.35. The summed E-state index contributed by atoms with van der Waals surface area (Å²) in [5.74, 6) is 0.732. The van der Waals surface area contributed by atoms with E-state index in [1.807, 2.05) is 11.5 Å². The Kier molecular flexibility index (Phi) is 7.42. The number of primary amides is 1. The lowest BCUT2D eigenvalue weighted by molar-refractivity contribution is -0.128. The van der Waals surface area contributed by atoms with Crippen LogP contribution in [0.25, 0.3) is 11.2 Å². The molecular formula is C25H30Cl3N7O2. The van der Waals surface area contributed by atoms with Gasteiger partial charge in [-0.05, 0) is 63.5 Å². The van der Waals surface area contributed by atoms with Gasteiger partial charge in [-0.15, -0.1) is 0 Å².